The summed E-state index contributed by atoms with van der Waals surface area (Å²) in [6.07, 6.45) is 0.882. The minimum absolute atomic E-state index is 0.163. The van der Waals surface area contributed by atoms with Crippen LogP contribution in [0.5, 0.6) is 0 Å². The third-order valence-corrected chi connectivity index (χ3v) is 5.05. The number of benzene rings is 1. The first kappa shape index (κ1) is 15.4. The van der Waals surface area contributed by atoms with Gasteiger partial charge in [0.2, 0.25) is 5.13 Å². The molecule has 4 nitrogen and oxygen atoms in total. The number of halogens is 1. The minimum Gasteiger partial charge on any atom is -0.344 e. The fraction of sp³-hybridized carbons (Fsp3) is 0.500. The van der Waals surface area contributed by atoms with Gasteiger partial charge >= 0.3 is 0 Å². The highest BCUT2D eigenvalue weighted by Gasteiger charge is 2.24. The summed E-state index contributed by atoms with van der Waals surface area (Å²) in [6, 6.07) is 7.14. The molecule has 0 bridgehead atoms. The molecule has 22 heavy (non-hydrogen) atoms. The van der Waals surface area contributed by atoms with Crippen LogP contribution in [-0.4, -0.2) is 40.4 Å². The highest BCUT2D eigenvalue weighted by atomic mass is 32.1. The van der Waals surface area contributed by atoms with Gasteiger partial charge in [-0.2, -0.15) is 4.37 Å². The summed E-state index contributed by atoms with van der Waals surface area (Å²) in [5.74, 6) is 0.763. The van der Waals surface area contributed by atoms with Crippen molar-refractivity contribution < 1.29 is 4.39 Å². The summed E-state index contributed by atoms with van der Waals surface area (Å²) in [5.41, 5.74) is 1.04. The van der Waals surface area contributed by atoms with E-state index in [-0.39, 0.29) is 11.9 Å². The van der Waals surface area contributed by atoms with Crippen molar-refractivity contribution in [2.24, 2.45) is 0 Å². The summed E-state index contributed by atoms with van der Waals surface area (Å²) >= 11 is 1.49. The molecule has 1 unspecified atom stereocenters. The van der Waals surface area contributed by atoms with Crippen LogP contribution in [0.2, 0.25) is 0 Å². The maximum atomic E-state index is 13.4. The Morgan fingerprint density at radius 3 is 2.68 bits per heavy atom. The maximum Gasteiger partial charge on any atom is 0.205 e. The predicted molar refractivity (Wildman–Crippen MR) is 87.9 cm³/mol. The molecular formula is C16H21FN4S. The second-order valence-electron chi connectivity index (χ2n) is 5.60. The molecule has 1 aromatic heterocycles. The first-order valence-electron chi connectivity index (χ1n) is 7.74. The van der Waals surface area contributed by atoms with Gasteiger partial charge in [0.15, 0.2) is 0 Å². The van der Waals surface area contributed by atoms with Crippen LogP contribution in [0.1, 0.15) is 31.3 Å². The molecule has 3 rings (SSSR count). The van der Waals surface area contributed by atoms with Crippen molar-refractivity contribution in [1.29, 1.82) is 0 Å². The Labute approximate surface area is 134 Å². The van der Waals surface area contributed by atoms with Gasteiger partial charge in [-0.3, -0.25) is 4.90 Å². The van der Waals surface area contributed by atoms with Gasteiger partial charge in [0, 0.05) is 50.2 Å². The molecule has 1 fully saturated rings. The van der Waals surface area contributed by atoms with Crippen LogP contribution in [-0.2, 0) is 6.42 Å². The normalized spacial score (nSPS) is 17.7. The van der Waals surface area contributed by atoms with Crippen molar-refractivity contribution in [2.45, 2.75) is 26.3 Å². The third-order valence-electron chi connectivity index (χ3n) is 4.24. The summed E-state index contributed by atoms with van der Waals surface area (Å²) < 4.78 is 17.7. The number of anilines is 1. The predicted octanol–water partition coefficient (Wildman–Crippen LogP) is 3.12. The number of rotatable bonds is 4. The van der Waals surface area contributed by atoms with E-state index in [1.54, 1.807) is 12.1 Å². The standard InChI is InChI=1S/C16H21FN4S/c1-3-15-18-16(22-19-15)21-9-7-20(8-10-21)12(2)13-5-4-6-14(17)11-13/h4-6,11-12H,3,7-10H2,1-2H3. The van der Waals surface area contributed by atoms with Gasteiger partial charge in [-0.25, -0.2) is 9.37 Å². The first-order chi connectivity index (χ1) is 10.7. The molecule has 0 amide bonds. The Morgan fingerprint density at radius 1 is 1.27 bits per heavy atom. The quantitative estimate of drug-likeness (QED) is 0.866. The van der Waals surface area contributed by atoms with Crippen LogP contribution in [0.25, 0.3) is 0 Å². The third kappa shape index (κ3) is 3.28. The van der Waals surface area contributed by atoms with Crippen molar-refractivity contribution in [3.05, 3.63) is 41.5 Å². The van der Waals surface area contributed by atoms with Crippen molar-refractivity contribution in [2.75, 3.05) is 31.1 Å². The number of piperazine rings is 1. The van der Waals surface area contributed by atoms with Gasteiger partial charge in [0.05, 0.1) is 0 Å². The van der Waals surface area contributed by atoms with E-state index in [1.165, 1.54) is 17.6 Å². The van der Waals surface area contributed by atoms with Gasteiger partial charge in [0.25, 0.3) is 0 Å². The summed E-state index contributed by atoms with van der Waals surface area (Å²) in [5, 5.41) is 1.02. The van der Waals surface area contributed by atoms with Gasteiger partial charge in [0.1, 0.15) is 11.6 Å². The van der Waals surface area contributed by atoms with Crippen molar-refractivity contribution >= 4 is 16.7 Å². The molecular weight excluding hydrogens is 299 g/mol. The number of hydrogen-bond acceptors (Lipinski definition) is 5. The van der Waals surface area contributed by atoms with E-state index in [9.17, 15) is 4.39 Å². The topological polar surface area (TPSA) is 32.3 Å². The van der Waals surface area contributed by atoms with Crippen LogP contribution in [0, 0.1) is 5.82 Å². The molecule has 0 N–H and O–H groups in total. The lowest BCUT2D eigenvalue weighted by Crippen LogP contribution is -2.47. The van der Waals surface area contributed by atoms with E-state index in [0.29, 0.717) is 0 Å². The molecule has 0 radical (unpaired) electrons. The second-order valence-corrected chi connectivity index (χ2v) is 6.33. The summed E-state index contributed by atoms with van der Waals surface area (Å²) in [6.45, 7) is 8.02. The highest BCUT2D eigenvalue weighted by Crippen LogP contribution is 2.25. The van der Waals surface area contributed by atoms with Crippen molar-refractivity contribution in [3.63, 3.8) is 0 Å². The molecule has 1 aliphatic rings. The van der Waals surface area contributed by atoms with Gasteiger partial charge < -0.3 is 4.90 Å². The maximum absolute atomic E-state index is 13.4. The first-order valence-corrected chi connectivity index (χ1v) is 8.51. The van der Waals surface area contributed by atoms with Gasteiger partial charge in [-0.05, 0) is 24.6 Å². The van der Waals surface area contributed by atoms with Crippen LogP contribution < -0.4 is 4.90 Å². The average Bonchev–Trinajstić information content (AvgIpc) is 3.03. The molecule has 6 heteroatoms. The number of aromatic nitrogens is 2. The van der Waals surface area contributed by atoms with E-state index in [2.05, 4.69) is 33.0 Å². The Bertz CT molecular complexity index is 622. The zero-order valence-corrected chi connectivity index (χ0v) is 13.8. The summed E-state index contributed by atoms with van der Waals surface area (Å²) in [7, 11) is 0. The van der Waals surface area contributed by atoms with Gasteiger partial charge in [-0.15, -0.1) is 0 Å². The molecule has 0 aliphatic carbocycles. The SMILES string of the molecule is CCc1nsc(N2CCN(C(C)c3cccc(F)c3)CC2)n1. The Morgan fingerprint density at radius 2 is 2.05 bits per heavy atom. The molecule has 1 aliphatic heterocycles. The molecule has 2 heterocycles. The monoisotopic (exact) mass is 320 g/mol. The fourth-order valence-corrected chi connectivity index (χ4v) is 3.60. The number of hydrogen-bond donors (Lipinski definition) is 0. The lowest BCUT2D eigenvalue weighted by molar-refractivity contribution is 0.198. The second kappa shape index (κ2) is 6.71. The molecule has 1 saturated heterocycles. The molecule has 1 atom stereocenters. The fourth-order valence-electron chi connectivity index (χ4n) is 2.79. The number of aryl methyl sites for hydroxylation is 1. The van der Waals surface area contributed by atoms with Crippen LogP contribution in [0.4, 0.5) is 9.52 Å². The van der Waals surface area contributed by atoms with Crippen LogP contribution in [0.3, 0.4) is 0 Å². The van der Waals surface area contributed by atoms with Crippen LogP contribution >= 0.6 is 11.5 Å². The Kier molecular flexibility index (Phi) is 4.69. The van der Waals surface area contributed by atoms with Crippen molar-refractivity contribution in [3.8, 4) is 0 Å². The van der Waals surface area contributed by atoms with E-state index in [0.717, 1.165) is 49.1 Å². The lowest BCUT2D eigenvalue weighted by atomic mass is 10.1. The molecule has 0 saturated carbocycles. The smallest absolute Gasteiger partial charge is 0.205 e. The molecule has 1 aromatic carbocycles. The average molecular weight is 320 g/mol. The zero-order valence-electron chi connectivity index (χ0n) is 13.0. The van der Waals surface area contributed by atoms with Gasteiger partial charge in [-0.1, -0.05) is 19.1 Å². The van der Waals surface area contributed by atoms with Crippen molar-refractivity contribution in [1.82, 2.24) is 14.3 Å². The van der Waals surface area contributed by atoms with E-state index in [1.807, 2.05) is 6.07 Å². The van der Waals surface area contributed by atoms with E-state index >= 15 is 0 Å². The lowest BCUT2D eigenvalue weighted by Gasteiger charge is -2.38. The molecule has 118 valence electrons. The largest absolute Gasteiger partial charge is 0.344 e. The highest BCUT2D eigenvalue weighted by molar-refractivity contribution is 7.09. The minimum atomic E-state index is -0.163. The summed E-state index contributed by atoms with van der Waals surface area (Å²) in [4.78, 5) is 9.25. The molecule has 2 aromatic rings. The van der Waals surface area contributed by atoms with E-state index < -0.39 is 0 Å². The number of nitrogens with zero attached hydrogens (tertiary/aromatic N) is 4. The zero-order chi connectivity index (χ0) is 15.5. The molecule has 0 spiro atoms. The Balaban J connectivity index is 1.61. The van der Waals surface area contributed by atoms with Crippen LogP contribution in [0.15, 0.2) is 24.3 Å². The Hall–Kier alpha value is -1.53. The van der Waals surface area contributed by atoms with E-state index in [4.69, 9.17) is 0 Å².